The van der Waals surface area contributed by atoms with Crippen molar-refractivity contribution in [2.75, 3.05) is 25.0 Å². The van der Waals surface area contributed by atoms with Gasteiger partial charge < -0.3 is 14.6 Å². The van der Waals surface area contributed by atoms with E-state index in [9.17, 15) is 4.79 Å². The number of aromatic nitrogens is 1. The van der Waals surface area contributed by atoms with E-state index in [1.165, 1.54) is 12.8 Å². The fourth-order valence-electron chi connectivity index (χ4n) is 2.52. The summed E-state index contributed by atoms with van der Waals surface area (Å²) < 4.78 is 5.08. The van der Waals surface area contributed by atoms with Crippen LogP contribution in [-0.4, -0.2) is 31.2 Å². The summed E-state index contributed by atoms with van der Waals surface area (Å²) in [5.74, 6) is -0.401. The van der Waals surface area contributed by atoms with Crippen molar-refractivity contribution in [2.45, 2.75) is 18.9 Å². The number of hydrogen-bond donors (Lipinski definition) is 2. The third kappa shape index (κ3) is 2.13. The molecule has 5 nitrogen and oxygen atoms in total. The van der Waals surface area contributed by atoms with Crippen molar-refractivity contribution >= 4 is 16.8 Å². The third-order valence-electron chi connectivity index (χ3n) is 3.50. The summed E-state index contributed by atoms with van der Waals surface area (Å²) in [6, 6.07) is 6.35. The Labute approximate surface area is 105 Å². The molecule has 1 aromatic carbocycles. The quantitative estimate of drug-likeness (QED) is 0.858. The second kappa shape index (κ2) is 4.49. The van der Waals surface area contributed by atoms with E-state index in [0.717, 1.165) is 24.3 Å². The predicted molar refractivity (Wildman–Crippen MR) is 71.1 cm³/mol. The second-order valence-corrected chi connectivity index (χ2v) is 4.87. The summed E-state index contributed by atoms with van der Waals surface area (Å²) in [5.41, 5.74) is 2.43. The zero-order valence-corrected chi connectivity index (χ0v) is 10.4. The maximum atomic E-state index is 11.1. The highest BCUT2D eigenvalue weighted by molar-refractivity contribution is 5.77. The van der Waals surface area contributed by atoms with Crippen LogP contribution >= 0.6 is 0 Å². The molecule has 0 radical (unpaired) electrons. The van der Waals surface area contributed by atoms with Crippen LogP contribution in [0.3, 0.4) is 0 Å². The van der Waals surface area contributed by atoms with Crippen molar-refractivity contribution in [2.24, 2.45) is 0 Å². The molecule has 1 unspecified atom stereocenters. The first kappa shape index (κ1) is 11.3. The van der Waals surface area contributed by atoms with Crippen LogP contribution in [0.2, 0.25) is 0 Å². The van der Waals surface area contributed by atoms with Crippen molar-refractivity contribution < 1.29 is 4.42 Å². The number of rotatable bonds is 3. The first-order chi connectivity index (χ1) is 8.72. The van der Waals surface area contributed by atoms with Crippen LogP contribution in [-0.2, 0) is 0 Å². The second-order valence-electron chi connectivity index (χ2n) is 4.87. The van der Waals surface area contributed by atoms with E-state index in [2.05, 4.69) is 22.2 Å². The molecule has 2 N–H and O–H groups in total. The lowest BCUT2D eigenvalue weighted by Gasteiger charge is -2.23. The molecule has 0 spiro atoms. The number of anilines is 1. The van der Waals surface area contributed by atoms with Crippen LogP contribution < -0.4 is 16.0 Å². The van der Waals surface area contributed by atoms with Gasteiger partial charge in [0.2, 0.25) is 0 Å². The summed E-state index contributed by atoms with van der Waals surface area (Å²) in [4.78, 5) is 15.9. The molecule has 1 saturated heterocycles. The van der Waals surface area contributed by atoms with Gasteiger partial charge in [-0.3, -0.25) is 4.98 Å². The van der Waals surface area contributed by atoms with Crippen molar-refractivity contribution in [1.29, 1.82) is 0 Å². The number of nitrogens with zero attached hydrogens (tertiary/aromatic N) is 1. The molecule has 0 aliphatic carbocycles. The molecule has 1 aliphatic heterocycles. The van der Waals surface area contributed by atoms with Crippen LogP contribution in [0.4, 0.5) is 5.69 Å². The summed E-state index contributed by atoms with van der Waals surface area (Å²) in [6.45, 7) is 2.09. The average Bonchev–Trinajstić information content (AvgIpc) is 2.95. The standard InChI is InChI=1S/C13H17N3O2/c1-16(8-9-3-2-6-14-9)10-4-5-11-12(7-10)18-13(17)15-11/h4-5,7,9,14H,2-3,6,8H2,1H3,(H,15,17). The van der Waals surface area contributed by atoms with Gasteiger partial charge in [0.05, 0.1) is 5.52 Å². The topological polar surface area (TPSA) is 61.3 Å². The minimum Gasteiger partial charge on any atom is -0.408 e. The Morgan fingerprint density at radius 3 is 3.17 bits per heavy atom. The number of likely N-dealkylation sites (N-methyl/N-ethyl adjacent to an activating group) is 1. The largest absolute Gasteiger partial charge is 0.417 e. The van der Waals surface area contributed by atoms with Crippen LogP contribution in [0.15, 0.2) is 27.4 Å². The Morgan fingerprint density at radius 1 is 1.50 bits per heavy atom. The molecule has 1 fully saturated rings. The molecular weight excluding hydrogens is 230 g/mol. The third-order valence-corrected chi connectivity index (χ3v) is 3.50. The van der Waals surface area contributed by atoms with Gasteiger partial charge in [0.25, 0.3) is 0 Å². The highest BCUT2D eigenvalue weighted by atomic mass is 16.4. The molecule has 3 rings (SSSR count). The smallest absolute Gasteiger partial charge is 0.408 e. The number of nitrogens with one attached hydrogen (secondary N) is 2. The Kier molecular flexibility index (Phi) is 2.83. The molecule has 0 bridgehead atoms. The van der Waals surface area contributed by atoms with Gasteiger partial charge in [-0.1, -0.05) is 0 Å². The molecule has 2 aromatic rings. The first-order valence-electron chi connectivity index (χ1n) is 6.30. The maximum Gasteiger partial charge on any atom is 0.417 e. The van der Waals surface area contributed by atoms with Crippen LogP contribution in [0.1, 0.15) is 12.8 Å². The number of benzene rings is 1. The van der Waals surface area contributed by atoms with E-state index < -0.39 is 5.76 Å². The van der Waals surface area contributed by atoms with Gasteiger partial charge in [-0.15, -0.1) is 0 Å². The molecular formula is C13H17N3O2. The fraction of sp³-hybridized carbons (Fsp3) is 0.462. The van der Waals surface area contributed by atoms with Gasteiger partial charge in [-0.05, 0) is 31.5 Å². The highest BCUT2D eigenvalue weighted by Crippen LogP contribution is 2.20. The van der Waals surface area contributed by atoms with Crippen molar-refractivity contribution in [3.8, 4) is 0 Å². The number of hydrogen-bond acceptors (Lipinski definition) is 4. The van der Waals surface area contributed by atoms with E-state index in [1.807, 2.05) is 18.2 Å². The molecule has 0 saturated carbocycles. The number of fused-ring (bicyclic) bond motifs is 1. The van der Waals surface area contributed by atoms with E-state index >= 15 is 0 Å². The number of H-pyrrole nitrogens is 1. The molecule has 18 heavy (non-hydrogen) atoms. The fourth-order valence-corrected chi connectivity index (χ4v) is 2.52. The van der Waals surface area contributed by atoms with E-state index in [1.54, 1.807) is 0 Å². The Bertz CT molecular complexity index is 596. The summed E-state index contributed by atoms with van der Waals surface area (Å²) >= 11 is 0. The summed E-state index contributed by atoms with van der Waals surface area (Å²) in [7, 11) is 2.06. The molecule has 1 aliphatic rings. The van der Waals surface area contributed by atoms with E-state index in [-0.39, 0.29) is 0 Å². The van der Waals surface area contributed by atoms with Crippen LogP contribution in [0, 0.1) is 0 Å². The monoisotopic (exact) mass is 247 g/mol. The SMILES string of the molecule is CN(CC1CCCN1)c1ccc2[nH]c(=O)oc2c1. The normalized spacial score (nSPS) is 19.5. The van der Waals surface area contributed by atoms with Crippen LogP contribution in [0.5, 0.6) is 0 Å². The first-order valence-corrected chi connectivity index (χ1v) is 6.30. The van der Waals surface area contributed by atoms with Gasteiger partial charge >= 0.3 is 5.76 Å². The number of aromatic amines is 1. The molecule has 1 aromatic heterocycles. The molecule has 2 heterocycles. The van der Waals surface area contributed by atoms with Crippen molar-refractivity contribution in [3.05, 3.63) is 28.7 Å². The van der Waals surface area contributed by atoms with E-state index in [0.29, 0.717) is 11.6 Å². The van der Waals surface area contributed by atoms with E-state index in [4.69, 9.17) is 4.42 Å². The zero-order valence-electron chi connectivity index (χ0n) is 10.4. The van der Waals surface area contributed by atoms with Gasteiger partial charge in [0, 0.05) is 31.4 Å². The molecule has 5 heteroatoms. The highest BCUT2D eigenvalue weighted by Gasteiger charge is 2.16. The van der Waals surface area contributed by atoms with Crippen LogP contribution in [0.25, 0.3) is 11.1 Å². The minimum atomic E-state index is -0.401. The Morgan fingerprint density at radius 2 is 2.39 bits per heavy atom. The van der Waals surface area contributed by atoms with Gasteiger partial charge in [0.1, 0.15) is 0 Å². The van der Waals surface area contributed by atoms with Crippen molar-refractivity contribution in [3.63, 3.8) is 0 Å². The minimum absolute atomic E-state index is 0.401. The Balaban J connectivity index is 1.81. The molecule has 96 valence electrons. The predicted octanol–water partition coefficient (Wildman–Crippen LogP) is 1.31. The van der Waals surface area contributed by atoms with Gasteiger partial charge in [-0.2, -0.15) is 0 Å². The summed E-state index contributed by atoms with van der Waals surface area (Å²) in [6.07, 6.45) is 2.48. The van der Waals surface area contributed by atoms with Crippen molar-refractivity contribution in [1.82, 2.24) is 10.3 Å². The lowest BCUT2D eigenvalue weighted by molar-refractivity contribution is 0.555. The lowest BCUT2D eigenvalue weighted by Crippen LogP contribution is -2.35. The summed E-state index contributed by atoms with van der Waals surface area (Å²) in [5, 5.41) is 3.48. The lowest BCUT2D eigenvalue weighted by atomic mass is 10.2. The maximum absolute atomic E-state index is 11.1. The number of oxazole rings is 1. The molecule has 1 atom stereocenters. The zero-order chi connectivity index (χ0) is 12.5. The Hall–Kier alpha value is -1.75. The molecule has 0 amide bonds. The van der Waals surface area contributed by atoms with Gasteiger partial charge in [0.15, 0.2) is 5.58 Å². The average molecular weight is 247 g/mol. The van der Waals surface area contributed by atoms with Gasteiger partial charge in [-0.25, -0.2) is 4.79 Å².